The molecule has 0 unspecified atom stereocenters. The van der Waals surface area contributed by atoms with E-state index in [1.54, 1.807) is 84.9 Å². The standard InChI is InChI=1S/C26H24N4O4/c27-16-18-9-7-8-17(14-18)15-21(24(28)32)29-26(34)23(31)22(19-10-3-1-4-11-19)30-25(33)20-12-5-2-6-13-20/h1-14,21-23,31H,15H2,(H2,28,32)(H,29,34)(H,30,33)/t21-,22+,23-/m1/s1. The molecule has 0 saturated heterocycles. The predicted molar refractivity (Wildman–Crippen MR) is 125 cm³/mol. The van der Waals surface area contributed by atoms with E-state index < -0.39 is 35.9 Å². The lowest BCUT2D eigenvalue weighted by Gasteiger charge is -2.26. The number of carbonyl (C=O) groups is 3. The lowest BCUT2D eigenvalue weighted by Crippen LogP contribution is -2.52. The summed E-state index contributed by atoms with van der Waals surface area (Å²) in [7, 11) is 0. The summed E-state index contributed by atoms with van der Waals surface area (Å²) in [5.74, 6) is -2.14. The van der Waals surface area contributed by atoms with Crippen LogP contribution in [0.5, 0.6) is 0 Å². The summed E-state index contributed by atoms with van der Waals surface area (Å²) in [6.07, 6.45) is -1.67. The molecule has 0 aromatic heterocycles. The molecule has 0 fully saturated rings. The fourth-order valence-corrected chi connectivity index (χ4v) is 3.45. The monoisotopic (exact) mass is 456 g/mol. The van der Waals surface area contributed by atoms with Crippen LogP contribution < -0.4 is 16.4 Å². The van der Waals surface area contributed by atoms with Crippen molar-refractivity contribution >= 4 is 17.7 Å². The number of nitriles is 1. The number of nitrogens with two attached hydrogens (primary N) is 1. The summed E-state index contributed by atoms with van der Waals surface area (Å²) in [4.78, 5) is 37.7. The van der Waals surface area contributed by atoms with Crippen LogP contribution in [0.15, 0.2) is 84.9 Å². The number of rotatable bonds is 9. The van der Waals surface area contributed by atoms with Crippen LogP contribution in [-0.4, -0.2) is 35.0 Å². The molecule has 34 heavy (non-hydrogen) atoms. The molecule has 0 aliphatic carbocycles. The normalized spacial score (nSPS) is 13.1. The number of hydrogen-bond acceptors (Lipinski definition) is 5. The summed E-state index contributed by atoms with van der Waals surface area (Å²) < 4.78 is 0. The lowest BCUT2D eigenvalue weighted by atomic mass is 9.98. The van der Waals surface area contributed by atoms with Gasteiger partial charge in [0.25, 0.3) is 11.8 Å². The van der Waals surface area contributed by atoms with Crippen molar-refractivity contribution in [3.63, 3.8) is 0 Å². The maximum absolute atomic E-state index is 12.9. The highest BCUT2D eigenvalue weighted by Gasteiger charge is 2.31. The van der Waals surface area contributed by atoms with Gasteiger partial charge in [-0.05, 0) is 35.4 Å². The Morgan fingerprint density at radius 1 is 0.912 bits per heavy atom. The maximum Gasteiger partial charge on any atom is 0.252 e. The number of carbonyl (C=O) groups excluding carboxylic acids is 3. The molecule has 8 nitrogen and oxygen atoms in total. The fourth-order valence-electron chi connectivity index (χ4n) is 3.45. The molecule has 0 spiro atoms. The molecule has 172 valence electrons. The predicted octanol–water partition coefficient (Wildman–Crippen LogP) is 1.60. The van der Waals surface area contributed by atoms with E-state index in [0.29, 0.717) is 22.3 Å². The smallest absolute Gasteiger partial charge is 0.252 e. The molecule has 0 heterocycles. The summed E-state index contributed by atoms with van der Waals surface area (Å²) in [5.41, 5.74) is 7.37. The minimum Gasteiger partial charge on any atom is -0.381 e. The van der Waals surface area contributed by atoms with Gasteiger partial charge < -0.3 is 21.5 Å². The topological polar surface area (TPSA) is 145 Å². The zero-order valence-corrected chi connectivity index (χ0v) is 18.2. The quantitative estimate of drug-likeness (QED) is 0.386. The van der Waals surface area contributed by atoms with Gasteiger partial charge in [-0.3, -0.25) is 14.4 Å². The van der Waals surface area contributed by atoms with Gasteiger partial charge in [-0.1, -0.05) is 60.7 Å². The second kappa shape index (κ2) is 11.4. The van der Waals surface area contributed by atoms with Crippen molar-refractivity contribution in [3.8, 4) is 6.07 Å². The van der Waals surface area contributed by atoms with Crippen molar-refractivity contribution in [3.05, 3.63) is 107 Å². The molecule has 0 aliphatic rings. The molecule has 3 rings (SSSR count). The number of aliphatic hydroxyl groups is 1. The Bertz CT molecular complexity index is 1190. The average molecular weight is 457 g/mol. The highest BCUT2D eigenvalue weighted by Crippen LogP contribution is 2.19. The van der Waals surface area contributed by atoms with Crippen molar-refractivity contribution in [2.45, 2.75) is 24.6 Å². The molecule has 3 amide bonds. The summed E-state index contributed by atoms with van der Waals surface area (Å²) in [6.45, 7) is 0. The van der Waals surface area contributed by atoms with E-state index in [-0.39, 0.29) is 6.42 Å². The third kappa shape index (κ3) is 6.28. The molecule has 3 aromatic rings. The van der Waals surface area contributed by atoms with Crippen LogP contribution in [0.2, 0.25) is 0 Å². The third-order valence-corrected chi connectivity index (χ3v) is 5.22. The molecule has 3 atom stereocenters. The van der Waals surface area contributed by atoms with Gasteiger partial charge in [-0.15, -0.1) is 0 Å². The van der Waals surface area contributed by atoms with E-state index in [1.165, 1.54) is 0 Å². The van der Waals surface area contributed by atoms with Gasteiger partial charge in [-0.2, -0.15) is 5.26 Å². The number of benzene rings is 3. The van der Waals surface area contributed by atoms with E-state index in [1.807, 2.05) is 6.07 Å². The van der Waals surface area contributed by atoms with E-state index in [4.69, 9.17) is 11.0 Å². The molecule has 0 bridgehead atoms. The summed E-state index contributed by atoms with van der Waals surface area (Å²) in [6, 6.07) is 23.3. The van der Waals surface area contributed by atoms with Crippen LogP contribution >= 0.6 is 0 Å². The first kappa shape index (κ1) is 24.2. The highest BCUT2D eigenvalue weighted by atomic mass is 16.3. The second-order valence-corrected chi connectivity index (χ2v) is 7.65. The number of aliphatic hydroxyl groups excluding tert-OH is 1. The molecule has 8 heteroatoms. The van der Waals surface area contributed by atoms with Gasteiger partial charge in [0.15, 0.2) is 6.10 Å². The minimum atomic E-state index is -1.71. The SMILES string of the molecule is N#Cc1cccc(C[C@@H](NC(=O)[C@H](O)[C@@H](NC(=O)c2ccccc2)c2ccccc2)C(N)=O)c1. The zero-order chi connectivity index (χ0) is 24.5. The number of nitrogens with one attached hydrogen (secondary N) is 2. The molecular formula is C26H24N4O4. The Kier molecular flexibility index (Phi) is 8.11. The molecule has 5 N–H and O–H groups in total. The Morgan fingerprint density at radius 3 is 2.18 bits per heavy atom. The number of nitrogens with zero attached hydrogens (tertiary/aromatic N) is 1. The Hall–Kier alpha value is -4.48. The van der Waals surface area contributed by atoms with Gasteiger partial charge in [0.1, 0.15) is 6.04 Å². The van der Waals surface area contributed by atoms with Crippen molar-refractivity contribution in [1.82, 2.24) is 10.6 Å². The molecule has 0 aliphatic heterocycles. The zero-order valence-electron chi connectivity index (χ0n) is 18.2. The van der Waals surface area contributed by atoms with Gasteiger partial charge in [0.2, 0.25) is 5.91 Å². The average Bonchev–Trinajstić information content (AvgIpc) is 2.87. The van der Waals surface area contributed by atoms with Crippen molar-refractivity contribution in [1.29, 1.82) is 5.26 Å². The second-order valence-electron chi connectivity index (χ2n) is 7.65. The first-order valence-corrected chi connectivity index (χ1v) is 10.6. The third-order valence-electron chi connectivity index (χ3n) is 5.22. The van der Waals surface area contributed by atoms with E-state index in [0.717, 1.165) is 0 Å². The van der Waals surface area contributed by atoms with E-state index in [9.17, 15) is 19.5 Å². The van der Waals surface area contributed by atoms with Crippen LogP contribution in [0, 0.1) is 11.3 Å². The fraction of sp³-hybridized carbons (Fsp3) is 0.154. The first-order chi connectivity index (χ1) is 16.4. The highest BCUT2D eigenvalue weighted by molar-refractivity contribution is 5.95. The molecular weight excluding hydrogens is 432 g/mol. The van der Waals surface area contributed by atoms with Crippen LogP contribution in [0.3, 0.4) is 0 Å². The van der Waals surface area contributed by atoms with Gasteiger partial charge >= 0.3 is 0 Å². The van der Waals surface area contributed by atoms with E-state index >= 15 is 0 Å². The Morgan fingerprint density at radius 2 is 1.56 bits per heavy atom. The number of amides is 3. The van der Waals surface area contributed by atoms with Gasteiger partial charge in [-0.25, -0.2) is 0 Å². The van der Waals surface area contributed by atoms with Crippen LogP contribution in [0.4, 0.5) is 0 Å². The maximum atomic E-state index is 12.9. The van der Waals surface area contributed by atoms with E-state index in [2.05, 4.69) is 10.6 Å². The van der Waals surface area contributed by atoms with Crippen molar-refractivity contribution in [2.75, 3.05) is 0 Å². The van der Waals surface area contributed by atoms with Gasteiger partial charge in [0, 0.05) is 12.0 Å². The first-order valence-electron chi connectivity index (χ1n) is 10.6. The van der Waals surface area contributed by atoms with Crippen molar-refractivity contribution in [2.24, 2.45) is 5.73 Å². The summed E-state index contributed by atoms with van der Waals surface area (Å²) >= 11 is 0. The Balaban J connectivity index is 1.79. The number of hydrogen-bond donors (Lipinski definition) is 4. The van der Waals surface area contributed by atoms with Crippen LogP contribution in [0.25, 0.3) is 0 Å². The van der Waals surface area contributed by atoms with Crippen LogP contribution in [-0.2, 0) is 16.0 Å². The Labute approximate surface area is 197 Å². The van der Waals surface area contributed by atoms with Crippen molar-refractivity contribution < 1.29 is 19.5 Å². The minimum absolute atomic E-state index is 0.0374. The summed E-state index contributed by atoms with van der Waals surface area (Å²) in [5, 5.41) is 25.1. The van der Waals surface area contributed by atoms with Crippen LogP contribution in [0.1, 0.15) is 33.1 Å². The lowest BCUT2D eigenvalue weighted by molar-refractivity contribution is -0.134. The largest absolute Gasteiger partial charge is 0.381 e. The molecule has 3 aromatic carbocycles. The number of primary amides is 1. The van der Waals surface area contributed by atoms with Gasteiger partial charge in [0.05, 0.1) is 17.7 Å². The molecule has 0 saturated carbocycles. The molecule has 0 radical (unpaired) electrons.